The quantitative estimate of drug-likeness (QED) is 0.587. The van der Waals surface area contributed by atoms with Gasteiger partial charge in [-0.25, -0.2) is 0 Å². The predicted molar refractivity (Wildman–Crippen MR) is 107 cm³/mol. The molecule has 2 rings (SSSR count). The van der Waals surface area contributed by atoms with E-state index in [1.807, 2.05) is 7.05 Å². The van der Waals surface area contributed by atoms with E-state index >= 15 is 0 Å². The Balaban J connectivity index is 1.76. The molecule has 1 heterocycles. The summed E-state index contributed by atoms with van der Waals surface area (Å²) in [6.45, 7) is 15.3. The van der Waals surface area contributed by atoms with Crippen molar-refractivity contribution in [1.82, 2.24) is 20.4 Å². The first-order valence-corrected chi connectivity index (χ1v) is 9.57. The number of nitrogens with zero attached hydrogens (tertiary/aromatic N) is 3. The summed E-state index contributed by atoms with van der Waals surface area (Å²) >= 11 is 0. The van der Waals surface area contributed by atoms with Crippen molar-refractivity contribution in [2.75, 3.05) is 46.3 Å². The first-order valence-electron chi connectivity index (χ1n) is 9.57. The third-order valence-electron chi connectivity index (χ3n) is 4.70. The van der Waals surface area contributed by atoms with E-state index in [1.54, 1.807) is 0 Å². The van der Waals surface area contributed by atoms with Crippen LogP contribution in [0.2, 0.25) is 0 Å². The van der Waals surface area contributed by atoms with Crippen LogP contribution in [0, 0.1) is 5.92 Å². The molecule has 140 valence electrons. The molecule has 5 nitrogen and oxygen atoms in total. The molecular weight excluding hydrogens is 310 g/mol. The molecule has 1 aliphatic heterocycles. The Morgan fingerprint density at radius 1 is 1.00 bits per heavy atom. The summed E-state index contributed by atoms with van der Waals surface area (Å²) in [7, 11) is 1.82. The number of guanidine groups is 1. The number of piperazine rings is 1. The Labute approximate surface area is 153 Å². The molecule has 0 amide bonds. The Morgan fingerprint density at radius 2 is 1.60 bits per heavy atom. The molecule has 1 aromatic rings. The van der Waals surface area contributed by atoms with Crippen molar-refractivity contribution in [1.29, 1.82) is 0 Å². The second kappa shape index (κ2) is 10.4. The number of benzene rings is 1. The number of rotatable bonds is 7. The summed E-state index contributed by atoms with van der Waals surface area (Å²) in [5.74, 6) is 1.48. The van der Waals surface area contributed by atoms with Gasteiger partial charge >= 0.3 is 0 Å². The average molecular weight is 346 g/mol. The molecule has 1 fully saturated rings. The van der Waals surface area contributed by atoms with Crippen LogP contribution in [-0.4, -0.2) is 62.1 Å². The first-order chi connectivity index (χ1) is 12.1. The topological polar surface area (TPSA) is 42.9 Å². The number of hydrogen-bond donors (Lipinski definition) is 2. The standard InChI is InChI=1S/C20H35N5/c1-5-24-10-12-25(13-11-24)16-19-8-6-18(7-9-19)15-23-20(21-4)22-14-17(2)3/h6-9,17H,5,10-16H2,1-4H3,(H2,21,22,23). The molecule has 0 unspecified atom stereocenters. The Bertz CT molecular complexity index is 515. The van der Waals surface area contributed by atoms with E-state index in [2.05, 4.69) is 70.5 Å². The van der Waals surface area contributed by atoms with Crippen LogP contribution in [0.3, 0.4) is 0 Å². The first kappa shape index (κ1) is 19.7. The Morgan fingerprint density at radius 3 is 2.16 bits per heavy atom. The number of hydrogen-bond acceptors (Lipinski definition) is 3. The van der Waals surface area contributed by atoms with Gasteiger partial charge in [0.05, 0.1) is 0 Å². The van der Waals surface area contributed by atoms with Gasteiger partial charge in [-0.3, -0.25) is 9.89 Å². The Hall–Kier alpha value is -1.59. The lowest BCUT2D eigenvalue weighted by Gasteiger charge is -2.34. The molecule has 0 atom stereocenters. The lowest BCUT2D eigenvalue weighted by atomic mass is 10.1. The Kier molecular flexibility index (Phi) is 8.22. The van der Waals surface area contributed by atoms with Crippen LogP contribution in [0.5, 0.6) is 0 Å². The largest absolute Gasteiger partial charge is 0.356 e. The second-order valence-electron chi connectivity index (χ2n) is 7.23. The molecule has 0 radical (unpaired) electrons. The molecule has 25 heavy (non-hydrogen) atoms. The lowest BCUT2D eigenvalue weighted by Crippen LogP contribution is -2.45. The van der Waals surface area contributed by atoms with Gasteiger partial charge in [0.25, 0.3) is 0 Å². The van der Waals surface area contributed by atoms with Crippen molar-refractivity contribution >= 4 is 5.96 Å². The third-order valence-corrected chi connectivity index (χ3v) is 4.70. The second-order valence-corrected chi connectivity index (χ2v) is 7.23. The molecule has 0 aromatic heterocycles. The average Bonchev–Trinajstić information content (AvgIpc) is 2.63. The molecule has 0 spiro atoms. The van der Waals surface area contributed by atoms with Crippen molar-refractivity contribution in [2.45, 2.75) is 33.9 Å². The summed E-state index contributed by atoms with van der Waals surface area (Å²) in [5, 5.41) is 6.72. The highest BCUT2D eigenvalue weighted by atomic mass is 15.3. The van der Waals surface area contributed by atoms with Crippen molar-refractivity contribution in [2.24, 2.45) is 10.9 Å². The maximum Gasteiger partial charge on any atom is 0.191 e. The number of likely N-dealkylation sites (N-methyl/N-ethyl adjacent to an activating group) is 1. The lowest BCUT2D eigenvalue weighted by molar-refractivity contribution is 0.132. The molecule has 0 bridgehead atoms. The third kappa shape index (κ3) is 7.04. The fourth-order valence-corrected chi connectivity index (χ4v) is 2.99. The van der Waals surface area contributed by atoms with Gasteiger partial charge < -0.3 is 15.5 Å². The van der Waals surface area contributed by atoms with Gasteiger partial charge in [0.2, 0.25) is 0 Å². The smallest absolute Gasteiger partial charge is 0.191 e. The van der Waals surface area contributed by atoms with Gasteiger partial charge in [0.1, 0.15) is 0 Å². The van der Waals surface area contributed by atoms with E-state index in [9.17, 15) is 0 Å². The van der Waals surface area contributed by atoms with E-state index in [1.165, 1.54) is 43.9 Å². The van der Waals surface area contributed by atoms with Crippen molar-refractivity contribution in [3.05, 3.63) is 35.4 Å². The van der Waals surface area contributed by atoms with Gasteiger partial charge in [-0.15, -0.1) is 0 Å². The van der Waals surface area contributed by atoms with E-state index in [4.69, 9.17) is 0 Å². The molecule has 1 saturated heterocycles. The van der Waals surface area contributed by atoms with Gasteiger partial charge in [0, 0.05) is 52.9 Å². The van der Waals surface area contributed by atoms with Gasteiger partial charge in [-0.05, 0) is 23.6 Å². The van der Waals surface area contributed by atoms with Crippen LogP contribution >= 0.6 is 0 Å². The van der Waals surface area contributed by atoms with E-state index < -0.39 is 0 Å². The summed E-state index contributed by atoms with van der Waals surface area (Å²) in [4.78, 5) is 9.34. The highest BCUT2D eigenvalue weighted by molar-refractivity contribution is 5.79. The maximum absolute atomic E-state index is 4.27. The molecule has 1 aromatic carbocycles. The highest BCUT2D eigenvalue weighted by Crippen LogP contribution is 2.10. The van der Waals surface area contributed by atoms with Crippen molar-refractivity contribution in [3.8, 4) is 0 Å². The minimum absolute atomic E-state index is 0.608. The summed E-state index contributed by atoms with van der Waals surface area (Å²) < 4.78 is 0. The predicted octanol–water partition coefficient (Wildman–Crippen LogP) is 2.15. The normalized spacial score (nSPS) is 17.1. The van der Waals surface area contributed by atoms with Crippen LogP contribution in [0.25, 0.3) is 0 Å². The van der Waals surface area contributed by atoms with Gasteiger partial charge in [-0.2, -0.15) is 0 Å². The molecule has 0 aliphatic carbocycles. The fraction of sp³-hybridized carbons (Fsp3) is 0.650. The maximum atomic E-state index is 4.27. The monoisotopic (exact) mass is 345 g/mol. The van der Waals surface area contributed by atoms with E-state index in [-0.39, 0.29) is 0 Å². The molecule has 2 N–H and O–H groups in total. The fourth-order valence-electron chi connectivity index (χ4n) is 2.99. The zero-order valence-corrected chi connectivity index (χ0v) is 16.4. The summed E-state index contributed by atoms with van der Waals surface area (Å²) in [6, 6.07) is 8.96. The number of nitrogens with one attached hydrogen (secondary N) is 2. The van der Waals surface area contributed by atoms with Gasteiger partial charge in [0.15, 0.2) is 5.96 Å². The summed E-state index contributed by atoms with van der Waals surface area (Å²) in [5.41, 5.74) is 2.68. The zero-order valence-electron chi connectivity index (χ0n) is 16.4. The van der Waals surface area contributed by atoms with E-state index in [0.717, 1.165) is 25.6 Å². The van der Waals surface area contributed by atoms with Crippen LogP contribution < -0.4 is 10.6 Å². The summed E-state index contributed by atoms with van der Waals surface area (Å²) in [6.07, 6.45) is 0. The molecule has 5 heteroatoms. The van der Waals surface area contributed by atoms with E-state index in [0.29, 0.717) is 5.92 Å². The minimum Gasteiger partial charge on any atom is -0.356 e. The zero-order chi connectivity index (χ0) is 18.1. The minimum atomic E-state index is 0.608. The van der Waals surface area contributed by atoms with Crippen molar-refractivity contribution < 1.29 is 0 Å². The van der Waals surface area contributed by atoms with Gasteiger partial charge in [-0.1, -0.05) is 45.0 Å². The highest BCUT2D eigenvalue weighted by Gasteiger charge is 2.15. The number of aliphatic imine (C=N–C) groups is 1. The SMILES string of the molecule is CCN1CCN(Cc2ccc(CNC(=NC)NCC(C)C)cc2)CC1. The van der Waals surface area contributed by atoms with Crippen LogP contribution in [-0.2, 0) is 13.1 Å². The van der Waals surface area contributed by atoms with Crippen LogP contribution in [0.1, 0.15) is 31.9 Å². The molecule has 1 aliphatic rings. The molecule has 0 saturated carbocycles. The molecular formula is C20H35N5. The van der Waals surface area contributed by atoms with Crippen LogP contribution in [0.4, 0.5) is 0 Å². The van der Waals surface area contributed by atoms with Crippen LogP contribution in [0.15, 0.2) is 29.3 Å². The van der Waals surface area contributed by atoms with Crippen molar-refractivity contribution in [3.63, 3.8) is 0 Å².